The summed E-state index contributed by atoms with van der Waals surface area (Å²) in [6.45, 7) is 2.45. The maximum absolute atomic E-state index is 13.5. The Bertz CT molecular complexity index is 819. The lowest BCUT2D eigenvalue weighted by molar-refractivity contribution is 0.0950. The van der Waals surface area contributed by atoms with Crippen molar-refractivity contribution in [3.05, 3.63) is 70.8 Å². The zero-order valence-corrected chi connectivity index (χ0v) is 13.7. The first-order chi connectivity index (χ1) is 12.1. The SMILES string of the molecule is O=C(NCC#CCN1CCc2ccccc2C1)c1c(F)cccc1F. The standard InChI is InChI=1S/C20H18F2N2O/c21-17-8-5-9-18(22)19(17)20(25)23-11-3-4-12-24-13-10-15-6-1-2-7-16(15)14-24/h1-2,5-9H,10-14H2,(H,23,25). The maximum atomic E-state index is 13.5. The minimum absolute atomic E-state index is 0.0526. The highest BCUT2D eigenvalue weighted by Crippen LogP contribution is 2.17. The largest absolute Gasteiger partial charge is 0.341 e. The average Bonchev–Trinajstić information content (AvgIpc) is 2.61. The van der Waals surface area contributed by atoms with Crippen LogP contribution in [0.25, 0.3) is 0 Å². The Labute approximate surface area is 145 Å². The zero-order chi connectivity index (χ0) is 17.6. The quantitative estimate of drug-likeness (QED) is 0.872. The Hall–Kier alpha value is -2.71. The van der Waals surface area contributed by atoms with Gasteiger partial charge in [-0.3, -0.25) is 9.69 Å². The molecule has 25 heavy (non-hydrogen) atoms. The summed E-state index contributed by atoms with van der Waals surface area (Å²) in [5.74, 6) is 3.27. The van der Waals surface area contributed by atoms with E-state index in [0.29, 0.717) is 6.54 Å². The Morgan fingerprint density at radius 3 is 2.52 bits per heavy atom. The zero-order valence-electron chi connectivity index (χ0n) is 13.7. The molecule has 0 saturated carbocycles. The molecule has 3 nitrogen and oxygen atoms in total. The van der Waals surface area contributed by atoms with Crippen molar-refractivity contribution in [3.8, 4) is 11.8 Å². The van der Waals surface area contributed by atoms with E-state index in [1.54, 1.807) is 0 Å². The maximum Gasteiger partial charge on any atom is 0.258 e. The number of rotatable bonds is 3. The summed E-state index contributed by atoms with van der Waals surface area (Å²) < 4.78 is 27.0. The minimum atomic E-state index is -0.877. The number of carbonyl (C=O) groups excluding carboxylic acids is 1. The Balaban J connectivity index is 1.49. The van der Waals surface area contributed by atoms with Gasteiger partial charge >= 0.3 is 0 Å². The second-order valence-corrected chi connectivity index (χ2v) is 5.86. The van der Waals surface area contributed by atoms with Crippen molar-refractivity contribution < 1.29 is 13.6 Å². The van der Waals surface area contributed by atoms with E-state index in [1.165, 1.54) is 17.2 Å². The van der Waals surface area contributed by atoms with Gasteiger partial charge in [0.2, 0.25) is 0 Å². The highest BCUT2D eigenvalue weighted by atomic mass is 19.1. The van der Waals surface area contributed by atoms with Crippen molar-refractivity contribution >= 4 is 5.91 Å². The first-order valence-electron chi connectivity index (χ1n) is 8.12. The minimum Gasteiger partial charge on any atom is -0.341 e. The van der Waals surface area contributed by atoms with Crippen molar-refractivity contribution in [1.82, 2.24) is 10.2 Å². The van der Waals surface area contributed by atoms with E-state index >= 15 is 0 Å². The fourth-order valence-electron chi connectivity index (χ4n) is 2.85. The van der Waals surface area contributed by atoms with Crippen molar-refractivity contribution in [2.75, 3.05) is 19.6 Å². The third-order valence-corrected chi connectivity index (χ3v) is 4.16. The van der Waals surface area contributed by atoms with Gasteiger partial charge in [0, 0.05) is 13.1 Å². The number of fused-ring (bicyclic) bond motifs is 1. The van der Waals surface area contributed by atoms with Gasteiger partial charge in [0.05, 0.1) is 13.1 Å². The summed E-state index contributed by atoms with van der Waals surface area (Å²) in [7, 11) is 0. The first-order valence-corrected chi connectivity index (χ1v) is 8.12. The highest BCUT2D eigenvalue weighted by Gasteiger charge is 2.16. The van der Waals surface area contributed by atoms with E-state index in [-0.39, 0.29) is 6.54 Å². The fourth-order valence-corrected chi connectivity index (χ4v) is 2.85. The van der Waals surface area contributed by atoms with Crippen LogP contribution in [-0.2, 0) is 13.0 Å². The molecule has 0 bridgehead atoms. The van der Waals surface area contributed by atoms with E-state index in [1.807, 2.05) is 6.07 Å². The van der Waals surface area contributed by atoms with Gasteiger partial charge in [-0.1, -0.05) is 42.2 Å². The second-order valence-electron chi connectivity index (χ2n) is 5.86. The number of benzene rings is 2. The highest BCUT2D eigenvalue weighted by molar-refractivity contribution is 5.94. The van der Waals surface area contributed by atoms with Crippen LogP contribution < -0.4 is 5.32 Å². The smallest absolute Gasteiger partial charge is 0.258 e. The predicted octanol–water partition coefficient (Wildman–Crippen LogP) is 2.76. The van der Waals surface area contributed by atoms with Gasteiger partial charge < -0.3 is 5.32 Å². The van der Waals surface area contributed by atoms with Gasteiger partial charge in [-0.25, -0.2) is 8.78 Å². The van der Waals surface area contributed by atoms with Gasteiger partial charge in [-0.05, 0) is 29.7 Å². The molecule has 0 saturated heterocycles. The lowest BCUT2D eigenvalue weighted by Crippen LogP contribution is -2.31. The Morgan fingerprint density at radius 1 is 1.04 bits per heavy atom. The molecule has 1 aliphatic rings. The predicted molar refractivity (Wildman–Crippen MR) is 91.9 cm³/mol. The van der Waals surface area contributed by atoms with Crippen molar-refractivity contribution in [2.45, 2.75) is 13.0 Å². The van der Waals surface area contributed by atoms with Crippen molar-refractivity contribution in [2.24, 2.45) is 0 Å². The van der Waals surface area contributed by atoms with E-state index in [0.717, 1.165) is 31.6 Å². The topological polar surface area (TPSA) is 32.3 Å². The number of carbonyl (C=O) groups is 1. The van der Waals surface area contributed by atoms with Crippen LogP contribution in [-0.4, -0.2) is 30.4 Å². The van der Waals surface area contributed by atoms with Crippen LogP contribution >= 0.6 is 0 Å². The third kappa shape index (κ3) is 4.23. The number of nitrogens with zero attached hydrogens (tertiary/aromatic N) is 1. The van der Waals surface area contributed by atoms with Gasteiger partial charge in [-0.2, -0.15) is 0 Å². The molecular weight excluding hydrogens is 322 g/mol. The van der Waals surface area contributed by atoms with Crippen LogP contribution in [0, 0.1) is 23.5 Å². The monoisotopic (exact) mass is 340 g/mol. The molecule has 0 aliphatic carbocycles. The molecule has 1 heterocycles. The molecule has 0 spiro atoms. The molecule has 0 fully saturated rings. The molecule has 0 unspecified atom stereocenters. The Morgan fingerprint density at radius 2 is 1.76 bits per heavy atom. The van der Waals surface area contributed by atoms with Crippen molar-refractivity contribution in [1.29, 1.82) is 0 Å². The van der Waals surface area contributed by atoms with Gasteiger partial charge in [0.15, 0.2) is 0 Å². The summed E-state index contributed by atoms with van der Waals surface area (Å²) in [6, 6.07) is 11.7. The van der Waals surface area contributed by atoms with E-state index < -0.39 is 23.1 Å². The van der Waals surface area contributed by atoms with E-state index in [2.05, 4.69) is 40.3 Å². The molecule has 0 atom stereocenters. The molecule has 3 rings (SSSR count). The number of hydrogen-bond acceptors (Lipinski definition) is 2. The number of hydrogen-bond donors (Lipinski definition) is 1. The molecular formula is C20H18F2N2O. The number of nitrogens with one attached hydrogen (secondary N) is 1. The van der Waals surface area contributed by atoms with Crippen LogP contribution in [0.5, 0.6) is 0 Å². The summed E-state index contributed by atoms with van der Waals surface area (Å²) in [6.07, 6.45) is 1.00. The number of halogens is 2. The normalized spacial score (nSPS) is 13.5. The summed E-state index contributed by atoms with van der Waals surface area (Å²) >= 11 is 0. The van der Waals surface area contributed by atoms with Crippen LogP contribution in [0.3, 0.4) is 0 Å². The molecule has 1 amide bonds. The van der Waals surface area contributed by atoms with Crippen LogP contribution in [0.15, 0.2) is 42.5 Å². The summed E-state index contributed by atoms with van der Waals surface area (Å²) in [5.41, 5.74) is 2.13. The Kier molecular flexibility index (Phi) is 5.42. The molecule has 0 radical (unpaired) electrons. The molecule has 0 aromatic heterocycles. The fraction of sp³-hybridized carbons (Fsp3) is 0.250. The second kappa shape index (κ2) is 7.91. The van der Waals surface area contributed by atoms with Crippen LogP contribution in [0.1, 0.15) is 21.5 Å². The van der Waals surface area contributed by atoms with Gasteiger partial charge in [-0.15, -0.1) is 0 Å². The molecule has 2 aromatic carbocycles. The van der Waals surface area contributed by atoms with Crippen LogP contribution in [0.4, 0.5) is 8.78 Å². The van der Waals surface area contributed by atoms with Gasteiger partial charge in [0.25, 0.3) is 5.91 Å². The molecule has 128 valence electrons. The third-order valence-electron chi connectivity index (χ3n) is 4.16. The lowest BCUT2D eigenvalue weighted by Gasteiger charge is -2.26. The molecule has 5 heteroatoms. The van der Waals surface area contributed by atoms with Crippen molar-refractivity contribution in [3.63, 3.8) is 0 Å². The molecule has 2 aromatic rings. The first kappa shape index (κ1) is 17.1. The summed E-state index contributed by atoms with van der Waals surface area (Å²) in [4.78, 5) is 14.0. The lowest BCUT2D eigenvalue weighted by atomic mass is 10.0. The molecule has 1 N–H and O–H groups in total. The van der Waals surface area contributed by atoms with Gasteiger partial charge in [0.1, 0.15) is 17.2 Å². The van der Waals surface area contributed by atoms with E-state index in [9.17, 15) is 13.6 Å². The molecule has 1 aliphatic heterocycles. The van der Waals surface area contributed by atoms with E-state index in [4.69, 9.17) is 0 Å². The van der Waals surface area contributed by atoms with Crippen LogP contribution in [0.2, 0.25) is 0 Å². The average molecular weight is 340 g/mol. The summed E-state index contributed by atoms with van der Waals surface area (Å²) in [5, 5.41) is 2.42. The number of amides is 1.